The molecule has 0 bridgehead atoms. The van der Waals surface area contributed by atoms with Crippen LogP contribution in [0.3, 0.4) is 0 Å². The Morgan fingerprint density at radius 3 is 0.772 bits per heavy atom. The third-order valence-corrected chi connectivity index (χ3v) is 29.7. The van der Waals surface area contributed by atoms with Gasteiger partial charge in [0.25, 0.3) is 0 Å². The molecule has 0 atom stereocenters. The number of fused-ring (bicyclic) bond motifs is 34. The minimum Gasteiger partial charge on any atom is -0.309 e. The molecular weight excluding hydrogens is 1640 g/mol. The first-order valence-electron chi connectivity index (χ1n) is 47.2. The predicted octanol–water partition coefficient (Wildman–Crippen LogP) is 36.3. The van der Waals surface area contributed by atoms with Crippen molar-refractivity contribution in [3.63, 3.8) is 0 Å². The van der Waals surface area contributed by atoms with Gasteiger partial charge in [0, 0.05) is 65.2 Å². The molecule has 0 N–H and O–H groups in total. The smallest absolute Gasteiger partial charge is 0.0541 e. The number of benzene rings is 26. The molecule has 0 amide bonds. The second-order valence-electron chi connectivity index (χ2n) is 36.7. The van der Waals surface area contributed by atoms with Crippen molar-refractivity contribution >= 4 is 216 Å². The third-order valence-electron chi connectivity index (χ3n) is 29.7. The van der Waals surface area contributed by atoms with Crippen LogP contribution in [-0.2, 0) is 0 Å². The number of para-hydroxylation sites is 4. The minimum atomic E-state index is 1.14. The van der Waals surface area contributed by atoms with Crippen molar-refractivity contribution in [3.8, 4) is 67.3 Å². The molecule has 0 fully saturated rings. The van der Waals surface area contributed by atoms with E-state index in [1.165, 1.54) is 272 Å². The minimum absolute atomic E-state index is 1.14. The molecule has 136 heavy (non-hydrogen) atoms. The van der Waals surface area contributed by atoms with E-state index in [0.29, 0.717) is 0 Å². The average Bonchev–Trinajstić information content (AvgIpc) is 0.956. The SMILES string of the molecule is c1cc(-c2cc3c4ccccc4c4ccccc4c3c3c2ccc2ccccc23)cc(-n2c3ccccc3c3cc(-c4ccc5c(c4)c4ccccc4n5-c4cccc5ccccc45)ccc32)c1.c1ccc2c(-n3c4ccccc4c4cc(-c5ccc6c(c5)c5ccccc5n6-c5ccc(-c6cc7c8ccccc8c8ccccc8c7c7c6ccc6ccccc67)cc5)ccc43)cccc2c1. The summed E-state index contributed by atoms with van der Waals surface area (Å²) in [5.74, 6) is 0. The van der Waals surface area contributed by atoms with Gasteiger partial charge in [-0.05, 0) is 284 Å². The first-order chi connectivity index (χ1) is 67.5. The lowest BCUT2D eigenvalue weighted by Crippen LogP contribution is -1.95. The summed E-state index contributed by atoms with van der Waals surface area (Å²) in [5, 5.41) is 40.7. The molecule has 0 aliphatic carbocycles. The van der Waals surface area contributed by atoms with E-state index in [2.05, 4.69) is 504 Å². The van der Waals surface area contributed by atoms with Crippen LogP contribution in [0.25, 0.3) is 284 Å². The molecule has 0 spiro atoms. The summed E-state index contributed by atoms with van der Waals surface area (Å²) in [6.07, 6.45) is 0. The van der Waals surface area contributed by atoms with Crippen LogP contribution >= 0.6 is 0 Å². The molecule has 0 aliphatic rings. The molecule has 0 saturated heterocycles. The van der Waals surface area contributed by atoms with Crippen LogP contribution < -0.4 is 0 Å². The van der Waals surface area contributed by atoms with E-state index in [1.54, 1.807) is 0 Å². The fourth-order valence-corrected chi connectivity index (χ4v) is 23.7. The van der Waals surface area contributed by atoms with Gasteiger partial charge in [0.2, 0.25) is 0 Å². The van der Waals surface area contributed by atoms with E-state index in [0.717, 1.165) is 11.4 Å². The van der Waals surface area contributed by atoms with Crippen LogP contribution in [0.1, 0.15) is 0 Å². The molecule has 628 valence electrons. The monoisotopic (exact) mass is 1720 g/mol. The molecule has 4 aromatic heterocycles. The summed E-state index contributed by atoms with van der Waals surface area (Å²) in [6, 6.07) is 180. The summed E-state index contributed by atoms with van der Waals surface area (Å²) in [4.78, 5) is 0. The lowest BCUT2D eigenvalue weighted by Gasteiger charge is -2.18. The van der Waals surface area contributed by atoms with Crippen molar-refractivity contribution in [2.75, 3.05) is 0 Å². The highest BCUT2D eigenvalue weighted by Crippen LogP contribution is 2.51. The Bertz CT molecular complexity index is 10400. The van der Waals surface area contributed by atoms with Gasteiger partial charge in [-0.1, -0.05) is 364 Å². The van der Waals surface area contributed by atoms with Crippen molar-refractivity contribution in [3.05, 3.63) is 485 Å². The van der Waals surface area contributed by atoms with Gasteiger partial charge in [-0.25, -0.2) is 0 Å². The second-order valence-corrected chi connectivity index (χ2v) is 36.7. The van der Waals surface area contributed by atoms with Crippen molar-refractivity contribution < 1.29 is 0 Å². The highest BCUT2D eigenvalue weighted by Gasteiger charge is 2.26. The van der Waals surface area contributed by atoms with E-state index < -0.39 is 0 Å². The number of nitrogens with zero attached hydrogens (tertiary/aromatic N) is 4. The summed E-state index contributed by atoms with van der Waals surface area (Å²) in [7, 11) is 0. The molecule has 0 aliphatic heterocycles. The standard InChI is InChI=1S/2C66H40N2/c1-3-20-47-41(15-1)17-14-30-60(47)68-62-29-12-10-26-53(62)58-39-44(33-36-64(58)68)43-32-35-63-57(38-43)52-25-9-11-28-61(52)67(63)46-19-13-18-45(37-46)56-40-59-51-24-6-5-22-49(51)50-23-7-8-27-54(50)66(59)65-48-21-4-2-16-42(48)31-34-55(56)65;1-3-17-47-41(14-1)16-13-27-60(47)68-62-26-12-10-23-53(62)58-39-45(32-37-64(58)68)44-31-36-63-57(38-44)52-22-9-11-25-61(52)67(63)46-33-28-43(29-34-46)56-40-59-51-21-6-5-19-49(51)50-20-7-8-24-54(50)66(59)65-48-18-4-2-15-42(48)30-35-55(56)65/h2*1-40H. The van der Waals surface area contributed by atoms with Gasteiger partial charge in [0.1, 0.15) is 0 Å². The van der Waals surface area contributed by atoms with E-state index in [9.17, 15) is 0 Å². The molecule has 4 heterocycles. The van der Waals surface area contributed by atoms with Gasteiger partial charge in [0.05, 0.1) is 55.5 Å². The summed E-state index contributed by atoms with van der Waals surface area (Å²) in [5.41, 5.74) is 24.0. The van der Waals surface area contributed by atoms with Crippen molar-refractivity contribution in [1.29, 1.82) is 0 Å². The van der Waals surface area contributed by atoms with E-state index in [1.807, 2.05) is 0 Å². The largest absolute Gasteiger partial charge is 0.309 e. The second kappa shape index (κ2) is 29.8. The number of hydrogen-bond acceptors (Lipinski definition) is 0. The van der Waals surface area contributed by atoms with Gasteiger partial charge in [-0.2, -0.15) is 0 Å². The Hall–Kier alpha value is -18.0. The zero-order valence-corrected chi connectivity index (χ0v) is 74.0. The molecule has 30 aromatic rings. The molecule has 0 saturated carbocycles. The van der Waals surface area contributed by atoms with Gasteiger partial charge < -0.3 is 18.3 Å². The number of rotatable bonds is 8. The lowest BCUT2D eigenvalue weighted by atomic mass is 9.85. The van der Waals surface area contributed by atoms with Gasteiger partial charge >= 0.3 is 0 Å². The van der Waals surface area contributed by atoms with Crippen LogP contribution in [-0.4, -0.2) is 18.3 Å². The molecular formula is C132H80N4. The van der Waals surface area contributed by atoms with E-state index >= 15 is 0 Å². The molecule has 4 nitrogen and oxygen atoms in total. The fourth-order valence-electron chi connectivity index (χ4n) is 23.7. The quantitative estimate of drug-likeness (QED) is 0.135. The summed E-state index contributed by atoms with van der Waals surface area (Å²) >= 11 is 0. The number of hydrogen-bond donors (Lipinski definition) is 0. The van der Waals surface area contributed by atoms with Crippen LogP contribution in [0, 0.1) is 0 Å². The number of aromatic nitrogens is 4. The van der Waals surface area contributed by atoms with Crippen LogP contribution in [0.4, 0.5) is 0 Å². The Morgan fingerprint density at radius 2 is 0.375 bits per heavy atom. The van der Waals surface area contributed by atoms with Crippen molar-refractivity contribution in [2.24, 2.45) is 0 Å². The molecule has 0 unspecified atom stereocenters. The Balaban J connectivity index is 0.000000132. The zero-order chi connectivity index (χ0) is 88.9. The highest BCUT2D eigenvalue weighted by molar-refractivity contribution is 6.39. The van der Waals surface area contributed by atoms with Gasteiger partial charge in [-0.15, -0.1) is 0 Å². The Morgan fingerprint density at radius 1 is 0.110 bits per heavy atom. The fraction of sp³-hybridized carbons (Fsp3) is 0. The normalized spacial score (nSPS) is 12.1. The molecule has 26 aromatic carbocycles. The maximum absolute atomic E-state index is 2.47. The van der Waals surface area contributed by atoms with Crippen LogP contribution in [0.2, 0.25) is 0 Å². The van der Waals surface area contributed by atoms with Crippen LogP contribution in [0.5, 0.6) is 0 Å². The maximum atomic E-state index is 2.47. The maximum Gasteiger partial charge on any atom is 0.0541 e. The van der Waals surface area contributed by atoms with Crippen molar-refractivity contribution in [1.82, 2.24) is 18.3 Å². The van der Waals surface area contributed by atoms with E-state index in [4.69, 9.17) is 0 Å². The zero-order valence-electron chi connectivity index (χ0n) is 74.0. The first-order valence-corrected chi connectivity index (χ1v) is 47.2. The van der Waals surface area contributed by atoms with Crippen LogP contribution in [0.15, 0.2) is 485 Å². The third kappa shape index (κ3) is 11.3. The van der Waals surface area contributed by atoms with Gasteiger partial charge in [0.15, 0.2) is 0 Å². The summed E-state index contributed by atoms with van der Waals surface area (Å²) < 4.78 is 9.77. The highest BCUT2D eigenvalue weighted by atomic mass is 15.0. The molecule has 30 rings (SSSR count). The Kier molecular flexibility index (Phi) is 16.6. The van der Waals surface area contributed by atoms with Gasteiger partial charge in [-0.3, -0.25) is 0 Å². The first kappa shape index (κ1) is 75.8. The molecule has 0 radical (unpaired) electrons. The van der Waals surface area contributed by atoms with Crippen molar-refractivity contribution in [2.45, 2.75) is 0 Å². The lowest BCUT2D eigenvalue weighted by molar-refractivity contribution is 1.18. The molecule has 4 heteroatoms. The van der Waals surface area contributed by atoms with E-state index in [-0.39, 0.29) is 0 Å². The topological polar surface area (TPSA) is 19.7 Å². The predicted molar refractivity (Wildman–Crippen MR) is 582 cm³/mol. The Labute approximate surface area is 781 Å². The average molecular weight is 1720 g/mol. The summed E-state index contributed by atoms with van der Waals surface area (Å²) in [6.45, 7) is 0.